The van der Waals surface area contributed by atoms with Crippen LogP contribution in [0.2, 0.25) is 0 Å². The third-order valence-corrected chi connectivity index (χ3v) is 4.93. The molecule has 0 spiro atoms. The lowest BCUT2D eigenvalue weighted by atomic mass is 9.80. The molecule has 0 aromatic carbocycles. The summed E-state index contributed by atoms with van der Waals surface area (Å²) in [5.74, 6) is -2.76. The summed E-state index contributed by atoms with van der Waals surface area (Å²) >= 11 is 0. The number of carbonyl (C=O) groups excluding carboxylic acids is 1. The van der Waals surface area contributed by atoms with Gasteiger partial charge in [0.05, 0.1) is 24.3 Å². The van der Waals surface area contributed by atoms with E-state index in [4.69, 9.17) is 14.2 Å². The van der Waals surface area contributed by atoms with Gasteiger partial charge in [-0.15, -0.1) is 0 Å². The summed E-state index contributed by atoms with van der Waals surface area (Å²) in [6.45, 7) is 1.70. The molecule has 9 heteroatoms. The van der Waals surface area contributed by atoms with Crippen LogP contribution < -0.4 is 10.6 Å². The molecule has 2 unspecified atom stereocenters. The van der Waals surface area contributed by atoms with E-state index in [0.717, 1.165) is 0 Å². The number of Topliss-reactive ketones (excluding diaryl/α,β-unsaturated/α-hetero) is 1. The van der Waals surface area contributed by atoms with Gasteiger partial charge in [0.15, 0.2) is 5.78 Å². The van der Waals surface area contributed by atoms with Crippen LogP contribution in [0.25, 0.3) is 0 Å². The first-order valence-electron chi connectivity index (χ1n) is 7.78. The number of hydrogen-bond donors (Lipinski definition) is 5. The van der Waals surface area contributed by atoms with Gasteiger partial charge in [-0.25, -0.2) is 0 Å². The SMILES string of the molecule is CN[C@@H]1C(O)[C@H](NC)[C@H]2O[C@@]3(O)C(=O)CC(C)O[C@H]3O[C@@H]2[C@H]1O. The van der Waals surface area contributed by atoms with Crippen molar-refractivity contribution in [1.29, 1.82) is 0 Å². The van der Waals surface area contributed by atoms with Gasteiger partial charge in [0.1, 0.15) is 18.3 Å². The molecule has 23 heavy (non-hydrogen) atoms. The Morgan fingerprint density at radius 3 is 2.35 bits per heavy atom. The highest BCUT2D eigenvalue weighted by Gasteiger charge is 2.63. The molecule has 9 atom stereocenters. The monoisotopic (exact) mass is 332 g/mol. The van der Waals surface area contributed by atoms with Crippen LogP contribution in [-0.4, -0.2) is 89.9 Å². The smallest absolute Gasteiger partial charge is 0.280 e. The Morgan fingerprint density at radius 1 is 1.09 bits per heavy atom. The molecule has 0 aromatic rings. The molecule has 0 amide bonds. The molecule has 1 saturated carbocycles. The van der Waals surface area contributed by atoms with Crippen LogP contribution in [0, 0.1) is 0 Å². The second-order valence-electron chi connectivity index (χ2n) is 6.40. The van der Waals surface area contributed by atoms with Crippen molar-refractivity contribution in [3.8, 4) is 0 Å². The Balaban J connectivity index is 1.92. The predicted octanol–water partition coefficient (Wildman–Crippen LogP) is -2.93. The second kappa shape index (κ2) is 6.01. The average molecular weight is 332 g/mol. The Hall–Kier alpha value is -0.650. The van der Waals surface area contributed by atoms with E-state index in [1.165, 1.54) is 0 Å². The van der Waals surface area contributed by atoms with Crippen molar-refractivity contribution < 1.29 is 34.3 Å². The number of fused-ring (bicyclic) bond motifs is 2. The average Bonchev–Trinajstić information content (AvgIpc) is 2.49. The fraction of sp³-hybridized carbons (Fsp3) is 0.929. The van der Waals surface area contributed by atoms with Gasteiger partial charge in [-0.1, -0.05) is 0 Å². The van der Waals surface area contributed by atoms with Crippen LogP contribution in [0.3, 0.4) is 0 Å². The minimum Gasteiger partial charge on any atom is -0.390 e. The van der Waals surface area contributed by atoms with Crippen LogP contribution in [-0.2, 0) is 19.0 Å². The number of ketones is 1. The molecule has 1 aliphatic carbocycles. The number of rotatable bonds is 2. The lowest BCUT2D eigenvalue weighted by Crippen LogP contribution is -2.77. The molecular formula is C14H24N2O7. The Morgan fingerprint density at radius 2 is 1.74 bits per heavy atom. The van der Waals surface area contributed by atoms with Gasteiger partial charge >= 0.3 is 0 Å². The first-order valence-corrected chi connectivity index (χ1v) is 7.78. The van der Waals surface area contributed by atoms with Crippen LogP contribution in [0.15, 0.2) is 0 Å². The number of aliphatic hydroxyl groups excluding tert-OH is 2. The zero-order valence-corrected chi connectivity index (χ0v) is 13.3. The maximum Gasteiger partial charge on any atom is 0.280 e. The van der Waals surface area contributed by atoms with E-state index in [9.17, 15) is 20.1 Å². The molecule has 5 N–H and O–H groups in total. The summed E-state index contributed by atoms with van der Waals surface area (Å²) in [7, 11) is 3.24. The molecule has 3 rings (SSSR count). The highest BCUT2D eigenvalue weighted by atomic mass is 16.8. The van der Waals surface area contributed by atoms with Crippen molar-refractivity contribution in [2.75, 3.05) is 14.1 Å². The molecule has 2 saturated heterocycles. The second-order valence-corrected chi connectivity index (χ2v) is 6.40. The molecule has 2 aliphatic heterocycles. The van der Waals surface area contributed by atoms with E-state index in [2.05, 4.69) is 10.6 Å². The maximum atomic E-state index is 12.2. The summed E-state index contributed by atoms with van der Waals surface area (Å²) in [6, 6.07) is -1.29. The van der Waals surface area contributed by atoms with Gasteiger partial charge in [0, 0.05) is 6.42 Å². The quantitative estimate of drug-likeness (QED) is 0.361. The molecule has 9 nitrogen and oxygen atoms in total. The van der Waals surface area contributed by atoms with Crippen molar-refractivity contribution in [2.45, 2.75) is 68.0 Å². The third-order valence-electron chi connectivity index (χ3n) is 4.93. The molecule has 3 fully saturated rings. The van der Waals surface area contributed by atoms with Crippen LogP contribution in [0.5, 0.6) is 0 Å². The van der Waals surface area contributed by atoms with Gasteiger partial charge in [0.2, 0.25) is 6.29 Å². The van der Waals surface area contributed by atoms with Crippen molar-refractivity contribution in [3.63, 3.8) is 0 Å². The predicted molar refractivity (Wildman–Crippen MR) is 76.4 cm³/mol. The number of aliphatic hydroxyl groups is 3. The summed E-state index contributed by atoms with van der Waals surface area (Å²) in [6.07, 6.45) is -5.58. The summed E-state index contributed by atoms with van der Waals surface area (Å²) in [5, 5.41) is 37.2. The fourth-order valence-corrected chi connectivity index (χ4v) is 3.68. The standard InChI is InChI=1S/C14H24N2O7/c1-5-4-6(17)14(20)13(21-5)22-12-10(19)7(15-2)9(18)8(16-3)11(12)23-14/h5,7-13,15-16,18-20H,4H2,1-3H3/t5?,7-,8+,9?,10+,11-,12-,13+,14+/m1/s1. The van der Waals surface area contributed by atoms with E-state index < -0.39 is 60.5 Å². The van der Waals surface area contributed by atoms with E-state index >= 15 is 0 Å². The van der Waals surface area contributed by atoms with E-state index in [-0.39, 0.29) is 6.42 Å². The van der Waals surface area contributed by atoms with E-state index in [1.807, 2.05) is 0 Å². The summed E-state index contributed by atoms with van der Waals surface area (Å²) in [4.78, 5) is 12.2. The van der Waals surface area contributed by atoms with Crippen molar-refractivity contribution >= 4 is 5.78 Å². The Bertz CT molecular complexity index is 478. The van der Waals surface area contributed by atoms with Crippen molar-refractivity contribution in [2.24, 2.45) is 0 Å². The van der Waals surface area contributed by atoms with Crippen molar-refractivity contribution in [3.05, 3.63) is 0 Å². The highest BCUT2D eigenvalue weighted by Crippen LogP contribution is 2.40. The Kier molecular flexibility index (Phi) is 4.49. The number of hydrogen-bond acceptors (Lipinski definition) is 9. The molecule has 132 valence electrons. The maximum absolute atomic E-state index is 12.2. The number of nitrogens with one attached hydrogen (secondary N) is 2. The number of ether oxygens (including phenoxy) is 3. The van der Waals surface area contributed by atoms with Gasteiger partial charge < -0.3 is 40.2 Å². The van der Waals surface area contributed by atoms with Gasteiger partial charge in [-0.2, -0.15) is 0 Å². The normalized spacial score (nSPS) is 53.6. The topological polar surface area (TPSA) is 130 Å². The largest absolute Gasteiger partial charge is 0.390 e. The third kappa shape index (κ3) is 2.52. The van der Waals surface area contributed by atoms with E-state index in [0.29, 0.717) is 0 Å². The van der Waals surface area contributed by atoms with E-state index in [1.54, 1.807) is 21.0 Å². The fourth-order valence-electron chi connectivity index (χ4n) is 3.68. The van der Waals surface area contributed by atoms with Crippen LogP contribution >= 0.6 is 0 Å². The highest BCUT2D eigenvalue weighted by molar-refractivity contribution is 5.87. The zero-order valence-electron chi connectivity index (χ0n) is 13.3. The number of carbonyl (C=O) groups is 1. The van der Waals surface area contributed by atoms with Gasteiger partial charge in [-0.3, -0.25) is 4.79 Å². The lowest BCUT2D eigenvalue weighted by Gasteiger charge is -2.55. The Labute approximate surface area is 133 Å². The molecule has 0 bridgehead atoms. The van der Waals surface area contributed by atoms with Crippen LogP contribution in [0.1, 0.15) is 13.3 Å². The minimum atomic E-state index is -2.23. The zero-order chi connectivity index (χ0) is 16.9. The van der Waals surface area contributed by atoms with Gasteiger partial charge in [-0.05, 0) is 21.0 Å². The first-order chi connectivity index (χ1) is 10.8. The molecule has 2 heterocycles. The molecule has 3 aliphatic rings. The summed E-state index contributed by atoms with van der Waals surface area (Å²) in [5.41, 5.74) is 0. The first kappa shape index (κ1) is 17.2. The van der Waals surface area contributed by atoms with Crippen molar-refractivity contribution in [1.82, 2.24) is 10.6 Å². The molecule has 0 aromatic heterocycles. The molecular weight excluding hydrogens is 308 g/mol. The minimum absolute atomic E-state index is 0.00220. The number of likely N-dealkylation sites (N-methyl/N-ethyl adjacent to an activating group) is 2. The van der Waals surface area contributed by atoms with Crippen LogP contribution in [0.4, 0.5) is 0 Å². The van der Waals surface area contributed by atoms with Gasteiger partial charge in [0.25, 0.3) is 5.79 Å². The molecule has 0 radical (unpaired) electrons. The lowest BCUT2D eigenvalue weighted by molar-refractivity contribution is -0.420. The summed E-state index contributed by atoms with van der Waals surface area (Å²) < 4.78 is 16.8.